The van der Waals surface area contributed by atoms with Crippen LogP contribution in [0.15, 0.2) is 57.5 Å². The fraction of sp³-hybridized carbons (Fsp3) is 0.333. The zero-order valence-corrected chi connectivity index (χ0v) is 20.6. The Balaban J connectivity index is 2.53. The lowest BCUT2D eigenvalue weighted by atomic mass is 9.44. The number of hydrogen-bond acceptors (Lipinski definition) is 6. The molecule has 0 N–H and O–H groups in total. The molecule has 0 radical (unpaired) electrons. The number of rotatable bonds is 4. The molecule has 0 unspecified atom stereocenters. The van der Waals surface area contributed by atoms with E-state index in [9.17, 15) is 31.2 Å². The average molecular weight is 567 g/mol. The van der Waals surface area contributed by atoms with E-state index in [1.807, 2.05) is 12.1 Å². The van der Waals surface area contributed by atoms with Gasteiger partial charge in [0.1, 0.15) is 0 Å². The van der Waals surface area contributed by atoms with Gasteiger partial charge < -0.3 is 0 Å². The first kappa shape index (κ1) is 24.4. The molecule has 2 aromatic rings. The highest BCUT2D eigenvalue weighted by Gasteiger charge is 2.72. The van der Waals surface area contributed by atoms with Gasteiger partial charge in [-0.2, -0.15) is 21.0 Å². The Labute approximate surface area is 208 Å². The second-order valence-electron chi connectivity index (χ2n) is 8.00. The molecule has 2 aromatic carbocycles. The molecule has 1 aliphatic carbocycles. The molecule has 0 saturated heterocycles. The molecule has 1 fully saturated rings. The van der Waals surface area contributed by atoms with Gasteiger partial charge in [-0.3, -0.25) is 10.1 Å². The van der Waals surface area contributed by atoms with E-state index < -0.39 is 39.5 Å². The van der Waals surface area contributed by atoms with Crippen LogP contribution in [0.2, 0.25) is 0 Å². The highest BCUT2D eigenvalue weighted by atomic mass is 79.9. The van der Waals surface area contributed by atoms with Crippen molar-refractivity contribution in [2.75, 3.05) is 0 Å². The predicted octanol–water partition coefficient (Wildman–Crippen LogP) is 5.83. The van der Waals surface area contributed by atoms with E-state index in [0.29, 0.717) is 20.1 Å². The van der Waals surface area contributed by atoms with Crippen LogP contribution in [-0.4, -0.2) is 11.0 Å². The highest BCUT2D eigenvalue weighted by Crippen LogP contribution is 2.64. The molecular formula is C24H17Br2N5O2. The lowest BCUT2D eigenvalue weighted by Crippen LogP contribution is -2.60. The molecule has 1 saturated carbocycles. The minimum atomic E-state index is -2.06. The van der Waals surface area contributed by atoms with Gasteiger partial charge in [-0.1, -0.05) is 63.0 Å². The molecule has 33 heavy (non-hydrogen) atoms. The van der Waals surface area contributed by atoms with Crippen LogP contribution in [0.1, 0.15) is 36.3 Å². The van der Waals surface area contributed by atoms with Gasteiger partial charge >= 0.3 is 0 Å². The van der Waals surface area contributed by atoms with Gasteiger partial charge in [0.25, 0.3) is 0 Å². The zero-order valence-electron chi connectivity index (χ0n) is 17.4. The first-order valence-electron chi connectivity index (χ1n) is 10.1. The van der Waals surface area contributed by atoms with Crippen molar-refractivity contribution >= 4 is 31.9 Å². The van der Waals surface area contributed by atoms with Crippen molar-refractivity contribution in [2.45, 2.75) is 31.2 Å². The summed E-state index contributed by atoms with van der Waals surface area (Å²) in [6.07, 6.45) is 0.148. The van der Waals surface area contributed by atoms with Gasteiger partial charge in [0, 0.05) is 19.8 Å². The molecule has 0 aromatic heterocycles. The Kier molecular flexibility index (Phi) is 6.89. The van der Waals surface area contributed by atoms with Crippen LogP contribution in [0, 0.1) is 72.2 Å². The molecule has 1 aliphatic rings. The summed E-state index contributed by atoms with van der Waals surface area (Å²) in [5.74, 6) is -3.41. The Bertz CT molecular complexity index is 1240. The zero-order chi connectivity index (χ0) is 24.4. The van der Waals surface area contributed by atoms with Crippen LogP contribution in [0.5, 0.6) is 0 Å². The van der Waals surface area contributed by atoms with Gasteiger partial charge in [0.05, 0.1) is 36.1 Å². The van der Waals surface area contributed by atoms with Crippen LogP contribution in [0.3, 0.4) is 0 Å². The molecular weight excluding hydrogens is 550 g/mol. The summed E-state index contributed by atoms with van der Waals surface area (Å²) in [5.41, 5.74) is -3.18. The van der Waals surface area contributed by atoms with Crippen molar-refractivity contribution in [3.8, 4) is 24.3 Å². The normalized spacial score (nSPS) is 24.9. The first-order valence-corrected chi connectivity index (χ1v) is 11.6. The standard InChI is InChI=1S/C24H17Br2N5O2/c1-2-19-21(31(32)33)20(15-5-3-7-17(25)9-15)24(13-29,14-30)22(23(19,11-27)12-28)16-6-4-8-18(26)10-16/h3-10,19-22H,2H2,1H3/t19-,20-,21+,22+/m1/s1. The molecule has 7 nitrogen and oxygen atoms in total. The quantitative estimate of drug-likeness (QED) is 0.337. The summed E-state index contributed by atoms with van der Waals surface area (Å²) in [4.78, 5) is 11.9. The largest absolute Gasteiger partial charge is 0.264 e. The Morgan fingerprint density at radius 3 is 1.82 bits per heavy atom. The van der Waals surface area contributed by atoms with E-state index in [0.717, 1.165) is 0 Å². The molecule has 3 rings (SSSR count). The number of nitriles is 4. The molecule has 0 heterocycles. The van der Waals surface area contributed by atoms with Gasteiger partial charge in [-0.25, -0.2) is 0 Å². The maximum absolute atomic E-state index is 12.5. The molecule has 164 valence electrons. The van der Waals surface area contributed by atoms with Crippen molar-refractivity contribution in [3.05, 3.63) is 78.7 Å². The fourth-order valence-corrected chi connectivity index (χ4v) is 6.17. The summed E-state index contributed by atoms with van der Waals surface area (Å²) >= 11 is 6.75. The van der Waals surface area contributed by atoms with Crippen LogP contribution in [0.25, 0.3) is 0 Å². The van der Waals surface area contributed by atoms with Crippen molar-refractivity contribution in [3.63, 3.8) is 0 Å². The molecule has 0 amide bonds. The van der Waals surface area contributed by atoms with E-state index in [1.54, 1.807) is 55.5 Å². The van der Waals surface area contributed by atoms with E-state index in [1.165, 1.54) is 0 Å². The van der Waals surface area contributed by atoms with E-state index in [4.69, 9.17) is 0 Å². The van der Waals surface area contributed by atoms with Gasteiger partial charge in [-0.15, -0.1) is 0 Å². The second-order valence-corrected chi connectivity index (χ2v) is 9.83. The maximum Gasteiger partial charge on any atom is 0.227 e. The van der Waals surface area contributed by atoms with E-state index >= 15 is 0 Å². The summed E-state index contributed by atoms with van der Waals surface area (Å²) in [6, 6.07) is 20.2. The Morgan fingerprint density at radius 2 is 1.39 bits per heavy atom. The van der Waals surface area contributed by atoms with Gasteiger partial charge in [0.15, 0.2) is 10.8 Å². The van der Waals surface area contributed by atoms with Gasteiger partial charge in [-0.05, 0) is 41.8 Å². The number of benzene rings is 2. The van der Waals surface area contributed by atoms with Crippen molar-refractivity contribution in [1.82, 2.24) is 0 Å². The topological polar surface area (TPSA) is 138 Å². The van der Waals surface area contributed by atoms with E-state index in [2.05, 4.69) is 44.0 Å². The SMILES string of the molecule is CC[C@@H]1[C@H]([N+](=O)[O-])[C@@H](c2cccc(Br)c2)C(C#N)(C#N)[C@@H](c2cccc(Br)c2)C1(C#N)C#N. The summed E-state index contributed by atoms with van der Waals surface area (Å²) in [5, 5.41) is 54.1. The van der Waals surface area contributed by atoms with Crippen molar-refractivity contribution in [2.24, 2.45) is 16.7 Å². The van der Waals surface area contributed by atoms with Crippen LogP contribution in [0.4, 0.5) is 0 Å². The number of halogens is 2. The highest BCUT2D eigenvalue weighted by molar-refractivity contribution is 9.10. The molecule has 4 atom stereocenters. The lowest BCUT2D eigenvalue weighted by molar-refractivity contribution is -0.546. The van der Waals surface area contributed by atoms with Crippen molar-refractivity contribution in [1.29, 1.82) is 21.0 Å². The molecule has 9 heteroatoms. The summed E-state index contributed by atoms with van der Waals surface area (Å²) in [7, 11) is 0. The molecule has 0 bridgehead atoms. The molecule has 0 spiro atoms. The monoisotopic (exact) mass is 565 g/mol. The third kappa shape index (κ3) is 3.68. The third-order valence-electron chi connectivity index (χ3n) is 6.55. The van der Waals surface area contributed by atoms with Crippen LogP contribution in [-0.2, 0) is 0 Å². The Hall–Kier alpha value is -3.24. The van der Waals surface area contributed by atoms with E-state index in [-0.39, 0.29) is 6.42 Å². The number of hydrogen-bond donors (Lipinski definition) is 0. The summed E-state index contributed by atoms with van der Waals surface area (Å²) < 4.78 is 1.27. The third-order valence-corrected chi connectivity index (χ3v) is 7.54. The first-order chi connectivity index (χ1) is 15.8. The van der Waals surface area contributed by atoms with Crippen LogP contribution >= 0.6 is 31.9 Å². The second kappa shape index (κ2) is 9.32. The van der Waals surface area contributed by atoms with Crippen molar-refractivity contribution < 1.29 is 4.92 Å². The predicted molar refractivity (Wildman–Crippen MR) is 126 cm³/mol. The number of nitrogens with zero attached hydrogens (tertiary/aromatic N) is 5. The van der Waals surface area contributed by atoms with Crippen LogP contribution < -0.4 is 0 Å². The number of nitro groups is 1. The fourth-order valence-electron chi connectivity index (χ4n) is 5.34. The lowest BCUT2D eigenvalue weighted by Gasteiger charge is -2.51. The maximum atomic E-state index is 12.5. The minimum absolute atomic E-state index is 0.148. The molecule has 0 aliphatic heterocycles. The van der Waals surface area contributed by atoms with Gasteiger partial charge in [0.2, 0.25) is 6.04 Å². The Morgan fingerprint density at radius 1 is 0.909 bits per heavy atom. The smallest absolute Gasteiger partial charge is 0.227 e. The average Bonchev–Trinajstić information content (AvgIpc) is 2.81. The summed E-state index contributed by atoms with van der Waals surface area (Å²) in [6.45, 7) is 1.69. The minimum Gasteiger partial charge on any atom is -0.264 e.